The number of rotatable bonds is 1. The first kappa shape index (κ1) is 11.3. The van der Waals surface area contributed by atoms with E-state index >= 15 is 0 Å². The van der Waals surface area contributed by atoms with Crippen molar-refractivity contribution in [3.05, 3.63) is 29.3 Å². The van der Waals surface area contributed by atoms with Crippen LogP contribution in [0.4, 0.5) is 0 Å². The molecule has 0 fully saturated rings. The van der Waals surface area contributed by atoms with E-state index in [9.17, 15) is 0 Å². The highest BCUT2D eigenvalue weighted by molar-refractivity contribution is 5.40. The predicted molar refractivity (Wildman–Crippen MR) is 51.5 cm³/mol. The van der Waals surface area contributed by atoms with Crippen molar-refractivity contribution in [3.63, 3.8) is 0 Å². The van der Waals surface area contributed by atoms with E-state index in [0.717, 1.165) is 12.2 Å². The molecule has 0 spiro atoms. The summed E-state index contributed by atoms with van der Waals surface area (Å²) in [6.07, 6.45) is 1.38. The fourth-order valence-corrected chi connectivity index (χ4v) is 1.75. The van der Waals surface area contributed by atoms with Gasteiger partial charge in [-0.3, -0.25) is 0 Å². The van der Waals surface area contributed by atoms with Gasteiger partial charge in [-0.15, -0.1) is 0 Å². The molecule has 0 aliphatic carbocycles. The summed E-state index contributed by atoms with van der Waals surface area (Å²) in [4.78, 5) is 0. The first-order chi connectivity index (χ1) is 6.16. The lowest BCUT2D eigenvalue weighted by atomic mass is 10.0. The number of halogens is 1. The maximum atomic E-state index is 5.62. The fourth-order valence-electron chi connectivity index (χ4n) is 1.75. The second kappa shape index (κ2) is 4.20. The maximum absolute atomic E-state index is 5.62. The first-order valence-corrected chi connectivity index (χ1v) is 4.79. The number of hydrogen-bond donors (Lipinski definition) is 1. The molecule has 1 aliphatic heterocycles. The molecule has 1 aromatic rings. The third kappa shape index (κ3) is 2.02. The smallest absolute Gasteiger partial charge is 0.123 e. The van der Waals surface area contributed by atoms with Gasteiger partial charge in [0.2, 0.25) is 0 Å². The maximum Gasteiger partial charge on any atom is 0.123 e. The fraction of sp³-hybridized carbons (Fsp3) is 0.455. The Bertz CT molecular complexity index is 325. The lowest BCUT2D eigenvalue weighted by molar-refractivity contribution is -0.420. The van der Waals surface area contributed by atoms with Gasteiger partial charge < -0.3 is 22.9 Å². The van der Waals surface area contributed by atoms with Crippen molar-refractivity contribution < 1.29 is 22.9 Å². The molecule has 3 heteroatoms. The molecule has 78 valence electrons. The molecule has 0 amide bonds. The summed E-state index contributed by atoms with van der Waals surface area (Å²) < 4.78 is 5.62. The van der Waals surface area contributed by atoms with Gasteiger partial charge >= 0.3 is 0 Å². The standard InChI is InChI=1S/C11H15NO.ClH/c1-7-5-10-6-9(8(2)12)3-4-11(10)13-7;/h3-4,6-8H,5,12H2,1-2H3;1H. The van der Waals surface area contributed by atoms with Crippen molar-refractivity contribution in [2.24, 2.45) is 0 Å². The normalized spacial score (nSPS) is 20.6. The van der Waals surface area contributed by atoms with E-state index in [2.05, 4.69) is 37.8 Å². The van der Waals surface area contributed by atoms with Crippen molar-refractivity contribution >= 4 is 0 Å². The van der Waals surface area contributed by atoms with Crippen molar-refractivity contribution in [1.82, 2.24) is 0 Å². The summed E-state index contributed by atoms with van der Waals surface area (Å²) in [5.41, 5.74) is 6.65. The van der Waals surface area contributed by atoms with Crippen molar-refractivity contribution in [2.45, 2.75) is 32.4 Å². The monoisotopic (exact) mass is 213 g/mol. The van der Waals surface area contributed by atoms with E-state index < -0.39 is 0 Å². The third-order valence-electron chi connectivity index (χ3n) is 2.49. The molecule has 1 heterocycles. The summed E-state index contributed by atoms with van der Waals surface area (Å²) in [5.74, 6) is 1.05. The van der Waals surface area contributed by atoms with Gasteiger partial charge in [-0.25, -0.2) is 0 Å². The molecular weight excluding hydrogens is 198 g/mol. The highest BCUT2D eigenvalue weighted by atomic mass is 35.5. The molecule has 0 aromatic heterocycles. The van der Waals surface area contributed by atoms with E-state index in [-0.39, 0.29) is 12.4 Å². The van der Waals surface area contributed by atoms with Crippen LogP contribution in [0.15, 0.2) is 18.2 Å². The minimum absolute atomic E-state index is 0. The van der Waals surface area contributed by atoms with E-state index in [4.69, 9.17) is 4.74 Å². The summed E-state index contributed by atoms with van der Waals surface area (Å²) in [6.45, 7) is 4.22. The number of fused-ring (bicyclic) bond motifs is 1. The number of benzene rings is 1. The second-order valence-corrected chi connectivity index (χ2v) is 3.90. The zero-order valence-corrected chi connectivity index (χ0v) is 9.34. The highest BCUT2D eigenvalue weighted by Crippen LogP contribution is 2.30. The molecule has 0 bridgehead atoms. The van der Waals surface area contributed by atoms with Crippen LogP contribution in [-0.4, -0.2) is 6.10 Å². The third-order valence-corrected chi connectivity index (χ3v) is 2.49. The Morgan fingerprint density at radius 3 is 2.86 bits per heavy atom. The molecule has 2 atom stereocenters. The predicted octanol–water partition coefficient (Wildman–Crippen LogP) is -1.68. The van der Waals surface area contributed by atoms with Crippen LogP contribution in [0.1, 0.15) is 31.0 Å². The molecular formula is C11H16ClNO. The van der Waals surface area contributed by atoms with Gasteiger partial charge in [0.1, 0.15) is 17.9 Å². The van der Waals surface area contributed by atoms with E-state index in [1.807, 2.05) is 0 Å². The van der Waals surface area contributed by atoms with Gasteiger partial charge in [-0.2, -0.15) is 0 Å². The number of hydrogen-bond acceptors (Lipinski definition) is 1. The van der Waals surface area contributed by atoms with Gasteiger partial charge in [-0.1, -0.05) is 0 Å². The summed E-state index contributed by atoms with van der Waals surface area (Å²) in [7, 11) is 0. The quantitative estimate of drug-likeness (QED) is 0.595. The van der Waals surface area contributed by atoms with Crippen LogP contribution in [0.3, 0.4) is 0 Å². The minimum atomic E-state index is 0. The zero-order chi connectivity index (χ0) is 9.42. The Morgan fingerprint density at radius 1 is 1.50 bits per heavy atom. The van der Waals surface area contributed by atoms with Crippen LogP contribution in [0, 0.1) is 0 Å². The molecule has 0 saturated carbocycles. The van der Waals surface area contributed by atoms with Gasteiger partial charge in [0, 0.05) is 12.0 Å². The van der Waals surface area contributed by atoms with Gasteiger partial charge in [0.25, 0.3) is 0 Å². The second-order valence-electron chi connectivity index (χ2n) is 3.90. The molecule has 2 unspecified atom stereocenters. The Labute approximate surface area is 90.9 Å². The van der Waals surface area contributed by atoms with Gasteiger partial charge in [0.05, 0.1) is 0 Å². The Morgan fingerprint density at radius 2 is 2.21 bits per heavy atom. The lowest BCUT2D eigenvalue weighted by Gasteiger charge is -2.04. The summed E-state index contributed by atoms with van der Waals surface area (Å²) >= 11 is 0. The Balaban J connectivity index is 0.000000980. The number of ether oxygens (including phenoxy) is 1. The molecule has 1 aliphatic rings. The van der Waals surface area contributed by atoms with Crippen LogP contribution in [0.5, 0.6) is 5.75 Å². The molecule has 14 heavy (non-hydrogen) atoms. The lowest BCUT2D eigenvalue weighted by Crippen LogP contribution is -3.00. The zero-order valence-electron chi connectivity index (χ0n) is 8.59. The largest absolute Gasteiger partial charge is 1.00 e. The van der Waals surface area contributed by atoms with Crippen LogP contribution in [0.2, 0.25) is 0 Å². The Hall–Kier alpha value is -0.730. The van der Waals surface area contributed by atoms with Crippen molar-refractivity contribution in [1.29, 1.82) is 0 Å². The Kier molecular flexibility index (Phi) is 3.40. The molecule has 0 radical (unpaired) electrons. The highest BCUT2D eigenvalue weighted by Gasteiger charge is 2.19. The molecule has 3 N–H and O–H groups in total. The SMILES string of the molecule is CC1Cc2cc(C(C)[NH3+])ccc2O1.[Cl-]. The summed E-state index contributed by atoms with van der Waals surface area (Å²) in [5, 5.41) is 0. The van der Waals surface area contributed by atoms with Crippen molar-refractivity contribution in [2.75, 3.05) is 0 Å². The van der Waals surface area contributed by atoms with E-state index in [0.29, 0.717) is 12.1 Å². The summed E-state index contributed by atoms with van der Waals surface area (Å²) in [6, 6.07) is 6.75. The van der Waals surface area contributed by atoms with Crippen LogP contribution < -0.4 is 22.9 Å². The van der Waals surface area contributed by atoms with E-state index in [1.54, 1.807) is 0 Å². The van der Waals surface area contributed by atoms with E-state index in [1.165, 1.54) is 11.1 Å². The van der Waals surface area contributed by atoms with Crippen LogP contribution in [0.25, 0.3) is 0 Å². The molecule has 0 saturated heterocycles. The molecule has 2 rings (SSSR count). The average Bonchev–Trinajstić information content (AvgIpc) is 2.42. The first-order valence-electron chi connectivity index (χ1n) is 4.79. The topological polar surface area (TPSA) is 36.9 Å². The number of quaternary nitrogens is 1. The van der Waals surface area contributed by atoms with Gasteiger partial charge in [0.15, 0.2) is 0 Å². The minimum Gasteiger partial charge on any atom is -1.00 e. The van der Waals surface area contributed by atoms with Crippen LogP contribution in [-0.2, 0) is 6.42 Å². The van der Waals surface area contributed by atoms with Crippen molar-refractivity contribution in [3.8, 4) is 5.75 Å². The average molecular weight is 214 g/mol. The van der Waals surface area contributed by atoms with Gasteiger partial charge in [-0.05, 0) is 37.6 Å². The van der Waals surface area contributed by atoms with Crippen LogP contribution >= 0.6 is 0 Å². The molecule has 2 nitrogen and oxygen atoms in total. The molecule has 1 aromatic carbocycles.